The van der Waals surface area contributed by atoms with Gasteiger partial charge in [-0.25, -0.2) is 4.68 Å². The zero-order chi connectivity index (χ0) is 20.7. The van der Waals surface area contributed by atoms with Crippen LogP contribution in [0.5, 0.6) is 0 Å². The Morgan fingerprint density at radius 3 is 2.97 bits per heavy atom. The number of H-pyrrole nitrogens is 1. The van der Waals surface area contributed by atoms with Crippen molar-refractivity contribution < 1.29 is 4.79 Å². The largest absolute Gasteiger partial charge is 0.361 e. The molecule has 0 unspecified atom stereocenters. The number of fused-ring (bicyclic) bond motifs is 4. The second-order valence-electron chi connectivity index (χ2n) is 7.23. The number of carbonyl (C=O) groups is 1. The van der Waals surface area contributed by atoms with Gasteiger partial charge in [-0.2, -0.15) is 5.10 Å². The van der Waals surface area contributed by atoms with Crippen molar-refractivity contribution in [2.45, 2.75) is 26.3 Å². The smallest absolute Gasteiger partial charge is 0.291 e. The van der Waals surface area contributed by atoms with Crippen LogP contribution in [0, 0.1) is 0 Å². The molecule has 0 aliphatic rings. The number of hydrogen-bond acceptors (Lipinski definition) is 4. The number of aryl methyl sites for hydroxylation is 1. The van der Waals surface area contributed by atoms with Crippen LogP contribution in [0.15, 0.2) is 52.8 Å². The van der Waals surface area contributed by atoms with E-state index in [1.165, 1.54) is 4.68 Å². The number of thiophene rings is 1. The summed E-state index contributed by atoms with van der Waals surface area (Å²) in [6, 6.07) is 12.0. The Labute approximate surface area is 175 Å². The lowest BCUT2D eigenvalue weighted by Crippen LogP contribution is -2.36. The molecule has 5 aromatic rings. The van der Waals surface area contributed by atoms with E-state index in [0.29, 0.717) is 24.9 Å². The number of carbonyl (C=O) groups excluding carboxylic acids is 1. The fourth-order valence-corrected chi connectivity index (χ4v) is 4.73. The van der Waals surface area contributed by atoms with E-state index in [9.17, 15) is 9.59 Å². The van der Waals surface area contributed by atoms with Gasteiger partial charge in [0.05, 0.1) is 10.2 Å². The van der Waals surface area contributed by atoms with E-state index >= 15 is 0 Å². The Morgan fingerprint density at radius 1 is 1.23 bits per heavy atom. The van der Waals surface area contributed by atoms with E-state index in [-0.39, 0.29) is 18.0 Å². The molecule has 4 aromatic heterocycles. The van der Waals surface area contributed by atoms with Gasteiger partial charge in [0.25, 0.3) is 5.56 Å². The number of rotatable bonds is 6. The normalized spacial score (nSPS) is 11.6. The summed E-state index contributed by atoms with van der Waals surface area (Å²) < 4.78 is 4.22. The lowest BCUT2D eigenvalue weighted by atomic mass is 10.1. The summed E-state index contributed by atoms with van der Waals surface area (Å²) in [5.41, 5.74) is 3.55. The number of para-hydroxylation sites is 1. The van der Waals surface area contributed by atoms with Crippen LogP contribution in [0.4, 0.5) is 0 Å². The molecule has 0 saturated carbocycles. The number of benzene rings is 1. The number of aromatic nitrogens is 4. The molecule has 152 valence electrons. The monoisotopic (exact) mass is 419 g/mol. The topological polar surface area (TPSA) is 84.2 Å². The van der Waals surface area contributed by atoms with Crippen LogP contribution < -0.4 is 10.9 Å². The van der Waals surface area contributed by atoms with Crippen molar-refractivity contribution in [3.63, 3.8) is 0 Å². The Balaban J connectivity index is 1.33. The van der Waals surface area contributed by atoms with E-state index in [0.717, 1.165) is 32.5 Å². The first-order chi connectivity index (χ1) is 14.7. The minimum absolute atomic E-state index is 0.0882. The molecule has 0 radical (unpaired) electrons. The predicted octanol–water partition coefficient (Wildman–Crippen LogP) is 3.11. The SMILES string of the molecule is CCc1nn(CC(=O)NCCc2c[nH]c3ccccc23)c(=O)c2cc3sccc3n12. The molecule has 8 heteroatoms. The van der Waals surface area contributed by atoms with Crippen LogP contribution in [-0.2, 0) is 24.2 Å². The fourth-order valence-electron chi connectivity index (χ4n) is 3.93. The van der Waals surface area contributed by atoms with Crippen molar-refractivity contribution in [2.75, 3.05) is 6.54 Å². The first kappa shape index (κ1) is 18.6. The standard InChI is InChI=1S/C22H21N5O2S/c1-2-20-25-26(22(29)18-11-19-17(27(18)20)8-10-30-19)13-21(28)23-9-7-14-12-24-16-6-4-3-5-15(14)16/h3-6,8,10-12,24H,2,7,9,13H2,1H3,(H,23,28). The van der Waals surface area contributed by atoms with Gasteiger partial charge in [0, 0.05) is 30.1 Å². The van der Waals surface area contributed by atoms with Crippen molar-refractivity contribution in [3.8, 4) is 0 Å². The zero-order valence-electron chi connectivity index (χ0n) is 16.5. The average Bonchev–Trinajstić information content (AvgIpc) is 3.45. The molecule has 0 bridgehead atoms. The van der Waals surface area contributed by atoms with Gasteiger partial charge in [0.2, 0.25) is 5.91 Å². The van der Waals surface area contributed by atoms with Crippen molar-refractivity contribution in [3.05, 3.63) is 69.7 Å². The first-order valence-corrected chi connectivity index (χ1v) is 10.8. The molecule has 0 fully saturated rings. The van der Waals surface area contributed by atoms with E-state index < -0.39 is 0 Å². The minimum atomic E-state index is -0.248. The number of nitrogens with one attached hydrogen (secondary N) is 2. The van der Waals surface area contributed by atoms with Gasteiger partial charge in [0.1, 0.15) is 17.9 Å². The van der Waals surface area contributed by atoms with Crippen LogP contribution in [0.1, 0.15) is 18.3 Å². The molecule has 1 aromatic carbocycles. The Hall–Kier alpha value is -3.39. The highest BCUT2D eigenvalue weighted by molar-refractivity contribution is 7.17. The molecule has 5 rings (SSSR count). The average molecular weight is 420 g/mol. The van der Waals surface area contributed by atoms with Gasteiger partial charge in [-0.1, -0.05) is 25.1 Å². The molecule has 0 spiro atoms. The van der Waals surface area contributed by atoms with Crippen LogP contribution in [-0.4, -0.2) is 31.6 Å². The van der Waals surface area contributed by atoms with Crippen LogP contribution in [0.25, 0.3) is 26.6 Å². The summed E-state index contributed by atoms with van der Waals surface area (Å²) in [5.74, 6) is 0.550. The maximum absolute atomic E-state index is 12.9. The molecule has 2 N–H and O–H groups in total. The molecule has 7 nitrogen and oxygen atoms in total. The van der Waals surface area contributed by atoms with Gasteiger partial charge in [-0.3, -0.25) is 14.0 Å². The maximum Gasteiger partial charge on any atom is 0.291 e. The van der Waals surface area contributed by atoms with Crippen molar-refractivity contribution in [1.82, 2.24) is 24.5 Å². The third-order valence-corrected chi connectivity index (χ3v) is 6.22. The molecule has 0 saturated heterocycles. The molecule has 30 heavy (non-hydrogen) atoms. The van der Waals surface area contributed by atoms with Gasteiger partial charge in [-0.05, 0) is 35.6 Å². The quantitative estimate of drug-likeness (QED) is 0.444. The van der Waals surface area contributed by atoms with Gasteiger partial charge < -0.3 is 10.3 Å². The second kappa shape index (κ2) is 7.46. The lowest BCUT2D eigenvalue weighted by Gasteiger charge is -2.10. The number of hydrogen-bond donors (Lipinski definition) is 2. The number of aromatic amines is 1. The summed E-state index contributed by atoms with van der Waals surface area (Å²) in [5, 5.41) is 10.5. The highest BCUT2D eigenvalue weighted by Crippen LogP contribution is 2.24. The van der Waals surface area contributed by atoms with Gasteiger partial charge >= 0.3 is 0 Å². The van der Waals surface area contributed by atoms with Crippen molar-refractivity contribution in [2.24, 2.45) is 0 Å². The molecule has 0 aliphatic carbocycles. The zero-order valence-corrected chi connectivity index (χ0v) is 17.3. The third-order valence-electron chi connectivity index (χ3n) is 5.37. The Bertz CT molecular complexity index is 1440. The molecule has 4 heterocycles. The van der Waals surface area contributed by atoms with Crippen LogP contribution in [0.2, 0.25) is 0 Å². The molecule has 1 amide bonds. The lowest BCUT2D eigenvalue weighted by molar-refractivity contribution is -0.121. The van der Waals surface area contributed by atoms with E-state index in [4.69, 9.17) is 0 Å². The van der Waals surface area contributed by atoms with E-state index in [1.54, 1.807) is 11.3 Å². The molecular weight excluding hydrogens is 398 g/mol. The number of amides is 1. The van der Waals surface area contributed by atoms with Crippen molar-refractivity contribution >= 4 is 43.9 Å². The van der Waals surface area contributed by atoms with E-state index in [2.05, 4.69) is 21.5 Å². The van der Waals surface area contributed by atoms with E-state index in [1.807, 2.05) is 53.2 Å². The maximum atomic E-state index is 12.9. The predicted molar refractivity (Wildman–Crippen MR) is 119 cm³/mol. The van der Waals surface area contributed by atoms with Gasteiger partial charge in [0.15, 0.2) is 0 Å². The molecule has 0 aliphatic heterocycles. The summed E-state index contributed by atoms with van der Waals surface area (Å²) >= 11 is 1.59. The Morgan fingerprint density at radius 2 is 2.10 bits per heavy atom. The van der Waals surface area contributed by atoms with Gasteiger partial charge in [-0.15, -0.1) is 11.3 Å². The highest BCUT2D eigenvalue weighted by Gasteiger charge is 2.15. The van der Waals surface area contributed by atoms with Crippen LogP contribution in [0.3, 0.4) is 0 Å². The highest BCUT2D eigenvalue weighted by atomic mass is 32.1. The molecule has 0 atom stereocenters. The first-order valence-electron chi connectivity index (χ1n) is 9.96. The summed E-state index contributed by atoms with van der Waals surface area (Å²) in [6.45, 7) is 2.41. The van der Waals surface area contributed by atoms with Crippen LogP contribution >= 0.6 is 11.3 Å². The number of nitrogens with zero attached hydrogens (tertiary/aromatic N) is 3. The molecular formula is C22H21N5O2S. The summed E-state index contributed by atoms with van der Waals surface area (Å²) in [4.78, 5) is 28.6. The summed E-state index contributed by atoms with van der Waals surface area (Å²) in [6.07, 6.45) is 3.35. The Kier molecular flexibility index (Phi) is 4.63. The van der Waals surface area contributed by atoms with Crippen molar-refractivity contribution in [1.29, 1.82) is 0 Å². The minimum Gasteiger partial charge on any atom is -0.361 e. The second-order valence-corrected chi connectivity index (χ2v) is 8.17. The summed E-state index contributed by atoms with van der Waals surface area (Å²) in [7, 11) is 0. The third kappa shape index (κ3) is 3.09. The fraction of sp³-hybridized carbons (Fsp3) is 0.227.